The van der Waals surface area contributed by atoms with Crippen LogP contribution in [-0.4, -0.2) is 6.61 Å². The predicted molar refractivity (Wildman–Crippen MR) is 73.8 cm³/mol. The molecule has 0 radical (unpaired) electrons. The van der Waals surface area contributed by atoms with Gasteiger partial charge in [-0.2, -0.15) is 0 Å². The molecule has 96 valence electrons. The molecule has 0 unspecified atom stereocenters. The summed E-state index contributed by atoms with van der Waals surface area (Å²) in [7, 11) is 0. The summed E-state index contributed by atoms with van der Waals surface area (Å²) in [5.41, 5.74) is 2.49. The topological polar surface area (TPSA) is 9.23 Å². The maximum Gasteiger partial charge on any atom is 0.419 e. The van der Waals surface area contributed by atoms with Crippen molar-refractivity contribution in [1.82, 2.24) is 0 Å². The van der Waals surface area contributed by atoms with Crippen molar-refractivity contribution in [3.05, 3.63) is 69.3 Å². The van der Waals surface area contributed by atoms with Gasteiger partial charge in [0, 0.05) is 0 Å². The minimum absolute atomic E-state index is 0.200. The largest absolute Gasteiger partial charge is 0.419 e. The van der Waals surface area contributed by atoms with Crippen LogP contribution in [0.2, 0.25) is 0 Å². The minimum atomic E-state index is -0.200. The van der Waals surface area contributed by atoms with Gasteiger partial charge in [0.05, 0.1) is 6.61 Å². The highest BCUT2D eigenvalue weighted by Crippen LogP contribution is 1.99. The fraction of sp³-hybridized carbons (Fsp3) is 0.176. The fourth-order valence-electron chi connectivity index (χ4n) is 1.51. The van der Waals surface area contributed by atoms with E-state index in [0.717, 1.165) is 0 Å². The Bertz CT molecular complexity index is 549. The van der Waals surface area contributed by atoms with Crippen LogP contribution in [0.4, 0.5) is 0 Å². The molecule has 2 aromatic carbocycles. The second-order valence-corrected chi connectivity index (χ2v) is 6.46. The second-order valence-electron chi connectivity index (χ2n) is 4.14. The highest BCUT2D eigenvalue weighted by Gasteiger charge is 2.06. The van der Waals surface area contributed by atoms with Gasteiger partial charge < -0.3 is 4.74 Å². The lowest BCUT2D eigenvalue weighted by Gasteiger charge is -1.98. The van der Waals surface area contributed by atoms with Crippen LogP contribution in [0.1, 0.15) is 11.1 Å². The zero-order valence-corrected chi connectivity index (χ0v) is 13.1. The van der Waals surface area contributed by atoms with Crippen molar-refractivity contribution in [3.8, 4) is 9.85 Å². The van der Waals surface area contributed by atoms with Crippen LogP contribution in [-0.2, 0) is 11.3 Å². The van der Waals surface area contributed by atoms with Crippen LogP contribution in [0.5, 0.6) is 0 Å². The van der Waals surface area contributed by atoms with Gasteiger partial charge in [-0.25, -0.2) is 0 Å². The zero-order chi connectivity index (χ0) is 13.3. The van der Waals surface area contributed by atoms with Crippen molar-refractivity contribution in [1.29, 1.82) is 0 Å². The third-order valence-electron chi connectivity index (χ3n) is 2.52. The Morgan fingerprint density at radius 1 is 1.00 bits per heavy atom. The molecule has 0 saturated heterocycles. The SMILES string of the molecule is Cc1ccc([I+]C#CCOCc2ccccc2)cc1. The van der Waals surface area contributed by atoms with Gasteiger partial charge in [-0.15, -0.1) is 0 Å². The quantitative estimate of drug-likeness (QED) is 0.435. The van der Waals surface area contributed by atoms with E-state index < -0.39 is 0 Å². The molecule has 1 nitrogen and oxygen atoms in total. The van der Waals surface area contributed by atoms with Crippen molar-refractivity contribution in [2.75, 3.05) is 6.61 Å². The molecule has 0 amide bonds. The summed E-state index contributed by atoms with van der Waals surface area (Å²) in [6.07, 6.45) is 0. The summed E-state index contributed by atoms with van der Waals surface area (Å²) in [6.45, 7) is 3.25. The van der Waals surface area contributed by atoms with Gasteiger partial charge in [-0.1, -0.05) is 48.0 Å². The highest BCUT2D eigenvalue weighted by atomic mass is 127. The van der Waals surface area contributed by atoms with Gasteiger partial charge in [0.25, 0.3) is 0 Å². The number of hydrogen-bond acceptors (Lipinski definition) is 1. The average molecular weight is 363 g/mol. The maximum atomic E-state index is 5.52. The number of halogens is 1. The van der Waals surface area contributed by atoms with E-state index in [0.29, 0.717) is 13.2 Å². The Morgan fingerprint density at radius 3 is 2.47 bits per heavy atom. The summed E-state index contributed by atoms with van der Waals surface area (Å²) < 4.78 is 10.1. The summed E-state index contributed by atoms with van der Waals surface area (Å²) >= 11 is -0.200. The highest BCUT2D eigenvalue weighted by molar-refractivity contribution is 5.13. The smallest absolute Gasteiger partial charge is 0.364 e. The van der Waals surface area contributed by atoms with Crippen LogP contribution in [0.15, 0.2) is 54.6 Å². The molecular weight excluding hydrogens is 347 g/mol. The monoisotopic (exact) mass is 363 g/mol. The molecule has 0 N–H and O–H groups in total. The number of benzene rings is 2. The first kappa shape index (κ1) is 14.1. The molecule has 0 saturated carbocycles. The van der Waals surface area contributed by atoms with Crippen molar-refractivity contribution >= 4 is 0 Å². The lowest BCUT2D eigenvalue weighted by Crippen LogP contribution is -3.59. The maximum absolute atomic E-state index is 5.52. The Hall–Kier alpha value is -1.31. The first-order chi connectivity index (χ1) is 9.34. The number of aryl methyl sites for hydroxylation is 1. The molecule has 19 heavy (non-hydrogen) atoms. The summed E-state index contributed by atoms with van der Waals surface area (Å²) in [6, 6.07) is 18.8. The molecule has 0 atom stereocenters. The zero-order valence-electron chi connectivity index (χ0n) is 10.9. The van der Waals surface area contributed by atoms with E-state index in [1.807, 2.05) is 18.2 Å². The molecule has 0 aliphatic heterocycles. The third-order valence-corrected chi connectivity index (χ3v) is 4.51. The molecule has 2 rings (SSSR count). The molecule has 2 heteroatoms. The molecule has 0 aliphatic carbocycles. The first-order valence-corrected chi connectivity index (χ1v) is 8.30. The molecule has 0 aliphatic rings. The lowest BCUT2D eigenvalue weighted by molar-refractivity contribution is -0.535. The van der Waals surface area contributed by atoms with Crippen molar-refractivity contribution < 1.29 is 25.9 Å². The van der Waals surface area contributed by atoms with E-state index in [1.54, 1.807) is 0 Å². The summed E-state index contributed by atoms with van der Waals surface area (Å²) in [5, 5.41) is 0. The van der Waals surface area contributed by atoms with Crippen molar-refractivity contribution in [2.45, 2.75) is 13.5 Å². The lowest BCUT2D eigenvalue weighted by atomic mass is 10.2. The second kappa shape index (κ2) is 7.98. The summed E-state index contributed by atoms with van der Waals surface area (Å²) in [4.78, 5) is 0. The normalized spacial score (nSPS) is 9.74. The molecule has 0 spiro atoms. The van der Waals surface area contributed by atoms with Crippen LogP contribution >= 0.6 is 0 Å². The van der Waals surface area contributed by atoms with E-state index in [-0.39, 0.29) is 21.2 Å². The Labute approximate surface area is 125 Å². The fourth-order valence-corrected chi connectivity index (χ4v) is 2.88. The molecule has 0 fully saturated rings. The van der Waals surface area contributed by atoms with Crippen molar-refractivity contribution in [2.24, 2.45) is 0 Å². The van der Waals surface area contributed by atoms with Gasteiger partial charge in [0.15, 0.2) is 3.93 Å². The Kier molecular flexibility index (Phi) is 5.93. The number of ether oxygens (including phenoxy) is 1. The van der Waals surface area contributed by atoms with E-state index in [9.17, 15) is 0 Å². The molecule has 0 heterocycles. The van der Waals surface area contributed by atoms with E-state index >= 15 is 0 Å². The van der Waals surface area contributed by atoms with E-state index in [2.05, 4.69) is 53.2 Å². The Balaban J connectivity index is 1.69. The van der Waals surface area contributed by atoms with Gasteiger partial charge in [0.2, 0.25) is 3.57 Å². The van der Waals surface area contributed by atoms with Gasteiger partial charge in [-0.3, -0.25) is 0 Å². The summed E-state index contributed by atoms with van der Waals surface area (Å²) in [5.74, 6) is 3.10. The standard InChI is InChI=1S/C17H16IO/c1-15-8-10-17(11-9-15)18-12-5-13-19-14-16-6-3-2-4-7-16/h2-4,6-11H,13-14H2,1H3/q+1. The van der Waals surface area contributed by atoms with Crippen LogP contribution in [0.25, 0.3) is 0 Å². The van der Waals surface area contributed by atoms with Gasteiger partial charge in [-0.05, 0) is 30.5 Å². The predicted octanol–water partition coefficient (Wildman–Crippen LogP) is 0.431. The molecular formula is C17H16IO+. The van der Waals surface area contributed by atoms with Crippen LogP contribution in [0, 0.1) is 20.3 Å². The van der Waals surface area contributed by atoms with E-state index in [1.165, 1.54) is 14.7 Å². The van der Waals surface area contributed by atoms with Crippen LogP contribution in [0.3, 0.4) is 0 Å². The number of rotatable bonds is 4. The van der Waals surface area contributed by atoms with Crippen molar-refractivity contribution in [3.63, 3.8) is 0 Å². The minimum Gasteiger partial charge on any atom is -0.364 e. The van der Waals surface area contributed by atoms with Crippen LogP contribution < -0.4 is 21.2 Å². The first-order valence-electron chi connectivity index (χ1n) is 6.14. The van der Waals surface area contributed by atoms with Gasteiger partial charge >= 0.3 is 21.2 Å². The third kappa shape index (κ3) is 5.46. The average Bonchev–Trinajstić information content (AvgIpc) is 2.46. The molecule has 0 aromatic heterocycles. The Morgan fingerprint density at radius 2 is 1.74 bits per heavy atom. The molecule has 2 aromatic rings. The number of hydrogen-bond donors (Lipinski definition) is 0. The molecule has 0 bridgehead atoms. The van der Waals surface area contributed by atoms with Gasteiger partial charge in [0.1, 0.15) is 6.61 Å². The van der Waals surface area contributed by atoms with E-state index in [4.69, 9.17) is 4.74 Å².